The first-order valence-corrected chi connectivity index (χ1v) is 6.70. The first kappa shape index (κ1) is 15.1. The first-order chi connectivity index (χ1) is 8.55. The second-order valence-corrected chi connectivity index (χ2v) is 4.68. The van der Waals surface area contributed by atoms with Crippen molar-refractivity contribution in [3.63, 3.8) is 0 Å². The van der Waals surface area contributed by atoms with Crippen LogP contribution >= 0.6 is 0 Å². The molecule has 1 N–H and O–H groups in total. The van der Waals surface area contributed by atoms with Gasteiger partial charge >= 0.3 is 0 Å². The van der Waals surface area contributed by atoms with Crippen LogP contribution in [0.4, 0.5) is 0 Å². The van der Waals surface area contributed by atoms with Gasteiger partial charge in [-0.05, 0) is 26.7 Å². The summed E-state index contributed by atoms with van der Waals surface area (Å²) in [6, 6.07) is 0. The van der Waals surface area contributed by atoms with E-state index in [2.05, 4.69) is 10.1 Å². The lowest BCUT2D eigenvalue weighted by molar-refractivity contribution is -0.0403. The van der Waals surface area contributed by atoms with Gasteiger partial charge in [0.2, 0.25) is 11.7 Å². The summed E-state index contributed by atoms with van der Waals surface area (Å²) < 4.78 is 10.9. The quantitative estimate of drug-likeness (QED) is 0.773. The predicted octanol–water partition coefficient (Wildman–Crippen LogP) is 2.43. The Morgan fingerprint density at radius 3 is 2.67 bits per heavy atom. The maximum absolute atomic E-state index is 9.72. The topological polar surface area (TPSA) is 68.4 Å². The highest BCUT2D eigenvalue weighted by atomic mass is 16.5. The fourth-order valence-corrected chi connectivity index (χ4v) is 1.83. The van der Waals surface area contributed by atoms with Gasteiger partial charge in [-0.25, -0.2) is 0 Å². The summed E-state index contributed by atoms with van der Waals surface area (Å²) in [6.07, 6.45) is 2.45. The summed E-state index contributed by atoms with van der Waals surface area (Å²) in [5.74, 6) is 1.04. The molecule has 1 aromatic heterocycles. The molecule has 0 radical (unpaired) electrons. The number of ether oxygens (including phenoxy) is 1. The number of aliphatic hydroxyl groups is 1. The predicted molar refractivity (Wildman–Crippen MR) is 68.2 cm³/mol. The van der Waals surface area contributed by atoms with Gasteiger partial charge in [0, 0.05) is 6.61 Å². The van der Waals surface area contributed by atoms with Crippen LogP contribution in [0.1, 0.15) is 58.7 Å². The van der Waals surface area contributed by atoms with Crippen molar-refractivity contribution in [2.45, 2.75) is 65.1 Å². The molecule has 2 atom stereocenters. The van der Waals surface area contributed by atoms with Crippen molar-refractivity contribution in [3.8, 4) is 0 Å². The van der Waals surface area contributed by atoms with Gasteiger partial charge in [0.25, 0.3) is 0 Å². The highest BCUT2D eigenvalue weighted by Crippen LogP contribution is 2.26. The molecule has 1 heterocycles. The molecule has 0 aliphatic carbocycles. The third kappa shape index (κ3) is 3.78. The minimum atomic E-state index is -0.508. The van der Waals surface area contributed by atoms with Gasteiger partial charge in [0.1, 0.15) is 5.60 Å². The van der Waals surface area contributed by atoms with E-state index in [4.69, 9.17) is 9.26 Å². The van der Waals surface area contributed by atoms with Gasteiger partial charge in [0.05, 0.1) is 12.5 Å². The highest BCUT2D eigenvalue weighted by Gasteiger charge is 2.31. The first-order valence-electron chi connectivity index (χ1n) is 6.70. The molecule has 0 fully saturated rings. The molecule has 1 rings (SSSR count). The van der Waals surface area contributed by atoms with Gasteiger partial charge in [-0.2, -0.15) is 4.98 Å². The van der Waals surface area contributed by atoms with Crippen LogP contribution in [0.25, 0.3) is 0 Å². The van der Waals surface area contributed by atoms with E-state index in [0.29, 0.717) is 24.7 Å². The van der Waals surface area contributed by atoms with E-state index in [0.717, 1.165) is 19.3 Å². The Hall–Kier alpha value is -0.940. The summed E-state index contributed by atoms with van der Waals surface area (Å²) in [6.45, 7) is 8.56. The Morgan fingerprint density at radius 2 is 2.11 bits per heavy atom. The number of aromatic nitrogens is 2. The Morgan fingerprint density at radius 1 is 1.39 bits per heavy atom. The molecule has 5 heteroatoms. The number of rotatable bonds is 8. The molecule has 0 aromatic carbocycles. The average Bonchev–Trinajstić information content (AvgIpc) is 2.78. The van der Waals surface area contributed by atoms with Crippen molar-refractivity contribution in [2.24, 2.45) is 0 Å². The van der Waals surface area contributed by atoms with Crippen LogP contribution in [0.5, 0.6) is 0 Å². The molecule has 18 heavy (non-hydrogen) atoms. The molecule has 0 saturated heterocycles. The molecule has 1 aromatic rings. The second-order valence-electron chi connectivity index (χ2n) is 4.68. The number of aliphatic hydroxyl groups excluding tert-OH is 1. The van der Waals surface area contributed by atoms with E-state index in [1.165, 1.54) is 0 Å². The second kappa shape index (κ2) is 6.85. The summed E-state index contributed by atoms with van der Waals surface area (Å²) in [7, 11) is 0. The molecular weight excluding hydrogens is 232 g/mol. The SMILES string of the molecule is CCCC(O)Cc1nc(C(C)(CC)OCC)no1. The molecule has 2 unspecified atom stereocenters. The van der Waals surface area contributed by atoms with Crippen LogP contribution in [-0.4, -0.2) is 28.0 Å². The third-order valence-electron chi connectivity index (χ3n) is 3.11. The number of hydrogen-bond donors (Lipinski definition) is 1. The maximum atomic E-state index is 9.72. The smallest absolute Gasteiger partial charge is 0.229 e. The molecule has 0 spiro atoms. The molecular formula is C13H24N2O3. The zero-order chi connectivity index (χ0) is 13.6. The largest absolute Gasteiger partial charge is 0.393 e. The van der Waals surface area contributed by atoms with Crippen molar-refractivity contribution >= 4 is 0 Å². The zero-order valence-corrected chi connectivity index (χ0v) is 11.8. The average molecular weight is 256 g/mol. The van der Waals surface area contributed by atoms with Crippen LogP contribution in [-0.2, 0) is 16.8 Å². The van der Waals surface area contributed by atoms with Crippen molar-refractivity contribution < 1.29 is 14.4 Å². The van der Waals surface area contributed by atoms with E-state index >= 15 is 0 Å². The Balaban J connectivity index is 2.72. The fraction of sp³-hybridized carbons (Fsp3) is 0.846. The van der Waals surface area contributed by atoms with E-state index in [1.807, 2.05) is 27.7 Å². The minimum absolute atomic E-state index is 0.409. The summed E-state index contributed by atoms with van der Waals surface area (Å²) >= 11 is 0. The monoisotopic (exact) mass is 256 g/mol. The van der Waals surface area contributed by atoms with Crippen molar-refractivity contribution in [1.82, 2.24) is 10.1 Å². The summed E-state index contributed by atoms with van der Waals surface area (Å²) in [5, 5.41) is 13.7. The Labute approximate surface area is 109 Å². The van der Waals surface area contributed by atoms with Crippen LogP contribution in [0, 0.1) is 0 Å². The van der Waals surface area contributed by atoms with E-state index < -0.39 is 11.7 Å². The zero-order valence-electron chi connectivity index (χ0n) is 11.8. The minimum Gasteiger partial charge on any atom is -0.393 e. The van der Waals surface area contributed by atoms with E-state index in [-0.39, 0.29) is 0 Å². The van der Waals surface area contributed by atoms with E-state index in [1.54, 1.807) is 0 Å². The van der Waals surface area contributed by atoms with Crippen LogP contribution in [0.3, 0.4) is 0 Å². The molecule has 0 saturated carbocycles. The standard InChI is InChI=1S/C13H24N2O3/c1-5-8-10(16)9-11-14-12(15-18-11)13(4,6-2)17-7-3/h10,16H,5-9H2,1-4H3. The third-order valence-corrected chi connectivity index (χ3v) is 3.11. The van der Waals surface area contributed by atoms with Gasteiger partial charge < -0.3 is 14.4 Å². The number of hydrogen-bond acceptors (Lipinski definition) is 5. The van der Waals surface area contributed by atoms with Crippen LogP contribution in [0.15, 0.2) is 4.52 Å². The highest BCUT2D eigenvalue weighted by molar-refractivity contribution is 4.99. The normalized spacial score (nSPS) is 16.5. The van der Waals surface area contributed by atoms with Gasteiger partial charge in [-0.15, -0.1) is 0 Å². The Kier molecular flexibility index (Phi) is 5.75. The Bertz CT molecular complexity index is 354. The van der Waals surface area contributed by atoms with Crippen molar-refractivity contribution in [3.05, 3.63) is 11.7 Å². The van der Waals surface area contributed by atoms with Crippen molar-refractivity contribution in [2.75, 3.05) is 6.61 Å². The van der Waals surface area contributed by atoms with E-state index in [9.17, 15) is 5.11 Å². The van der Waals surface area contributed by atoms with Gasteiger partial charge in [-0.3, -0.25) is 0 Å². The van der Waals surface area contributed by atoms with Gasteiger partial charge in [0.15, 0.2) is 0 Å². The maximum Gasteiger partial charge on any atom is 0.229 e. The number of nitrogens with zero attached hydrogens (tertiary/aromatic N) is 2. The molecule has 0 aliphatic rings. The fourth-order valence-electron chi connectivity index (χ4n) is 1.83. The summed E-state index contributed by atoms with van der Waals surface area (Å²) in [4.78, 5) is 4.33. The van der Waals surface area contributed by atoms with Crippen LogP contribution in [0.2, 0.25) is 0 Å². The van der Waals surface area contributed by atoms with Crippen LogP contribution < -0.4 is 0 Å². The lowest BCUT2D eigenvalue weighted by atomic mass is 10.0. The molecule has 0 bridgehead atoms. The molecule has 5 nitrogen and oxygen atoms in total. The van der Waals surface area contributed by atoms with Gasteiger partial charge in [-0.1, -0.05) is 25.4 Å². The lowest BCUT2D eigenvalue weighted by Crippen LogP contribution is -2.26. The van der Waals surface area contributed by atoms with Crippen molar-refractivity contribution in [1.29, 1.82) is 0 Å². The summed E-state index contributed by atoms with van der Waals surface area (Å²) in [5.41, 5.74) is -0.508. The molecule has 104 valence electrons. The molecule has 0 aliphatic heterocycles. The lowest BCUT2D eigenvalue weighted by Gasteiger charge is -2.23. The molecule has 0 amide bonds.